The van der Waals surface area contributed by atoms with Crippen molar-refractivity contribution in [3.8, 4) is 11.5 Å². The number of benzene rings is 2. The van der Waals surface area contributed by atoms with E-state index in [9.17, 15) is 0 Å². The molecule has 2 nitrogen and oxygen atoms in total. The van der Waals surface area contributed by atoms with Gasteiger partial charge in [-0.05, 0) is 52.8 Å². The summed E-state index contributed by atoms with van der Waals surface area (Å²) in [5.41, 5.74) is 1.38. The van der Waals surface area contributed by atoms with Crippen molar-refractivity contribution in [2.45, 2.75) is 3.41 Å². The zero-order valence-electron chi connectivity index (χ0n) is 12.0. The van der Waals surface area contributed by atoms with Crippen LogP contribution in [0.15, 0.2) is 48.5 Å². The van der Waals surface area contributed by atoms with Gasteiger partial charge in [-0.2, -0.15) is 0 Å². The first kappa shape index (κ1) is 15.4. The molecule has 0 saturated carbocycles. The maximum atomic E-state index is 5.26. The monoisotopic (exact) mass is 385 g/mol. The minimum Gasteiger partial charge on any atom is -0.497 e. The number of methoxy groups -OCH3 is 2. The van der Waals surface area contributed by atoms with E-state index in [4.69, 9.17) is 9.47 Å². The summed E-state index contributed by atoms with van der Waals surface area (Å²) in [6, 6.07) is 17.1. The van der Waals surface area contributed by atoms with Crippen LogP contribution in [0.2, 0.25) is 0 Å². The van der Waals surface area contributed by atoms with Crippen LogP contribution in [0.1, 0.15) is 5.56 Å². The Morgan fingerprint density at radius 1 is 0.818 bits per heavy atom. The molecule has 0 N–H and O–H groups in total. The lowest BCUT2D eigenvalue weighted by atomic mass is 10.2. The Morgan fingerprint density at radius 2 is 1.36 bits per heavy atom. The maximum absolute atomic E-state index is 5.26. The molecule has 22 heavy (non-hydrogen) atoms. The molecule has 2 aromatic carbocycles. The van der Waals surface area contributed by atoms with Crippen LogP contribution in [-0.2, 0) is 3.41 Å². The highest BCUT2D eigenvalue weighted by atomic mass is 33.6. The third-order valence-electron chi connectivity index (χ3n) is 3.56. The lowest BCUT2D eigenvalue weighted by Gasteiger charge is -2.32. The fourth-order valence-corrected chi connectivity index (χ4v) is 30.8. The molecule has 3 aliphatic rings. The molecule has 2 aromatic rings. The van der Waals surface area contributed by atoms with Crippen LogP contribution in [0.3, 0.4) is 0 Å². The zero-order chi connectivity index (χ0) is 15.2. The molecule has 0 atom stereocenters. The normalized spacial score (nSPS) is 29.0. The summed E-state index contributed by atoms with van der Waals surface area (Å²) >= 11 is 4.28. The van der Waals surface area contributed by atoms with Gasteiger partial charge in [0.1, 0.15) is 27.2 Å². The molecule has 0 aromatic heterocycles. The summed E-state index contributed by atoms with van der Waals surface area (Å²) in [6.07, 6.45) is 0. The predicted molar refractivity (Wildman–Crippen MR) is 105 cm³/mol. The molecule has 5 rings (SSSR count). The van der Waals surface area contributed by atoms with Crippen LogP contribution in [0.4, 0.5) is 0 Å². The summed E-state index contributed by atoms with van der Waals surface area (Å²) < 4.78 is 10.7. The Bertz CT molecular complexity index is 624. The van der Waals surface area contributed by atoms with E-state index in [2.05, 4.69) is 81.7 Å². The van der Waals surface area contributed by atoms with Crippen molar-refractivity contribution >= 4 is 54.1 Å². The van der Waals surface area contributed by atoms with Gasteiger partial charge in [0, 0.05) is 0 Å². The van der Waals surface area contributed by atoms with Crippen molar-refractivity contribution in [3.63, 3.8) is 0 Å². The van der Waals surface area contributed by atoms with E-state index in [-0.39, 0.29) is 3.41 Å². The number of rotatable bonds is 4. The van der Waals surface area contributed by atoms with Gasteiger partial charge in [-0.3, -0.25) is 0 Å². The van der Waals surface area contributed by atoms with Gasteiger partial charge in [0.15, 0.2) is 0 Å². The molecule has 0 aliphatic carbocycles. The SMILES string of the molecule is COc1ccc(C23SS[P+](c4ccc(OC)cc4)(S2)S3)cc1. The van der Waals surface area contributed by atoms with Crippen molar-refractivity contribution in [3.05, 3.63) is 54.1 Å². The fraction of sp³-hybridized carbons (Fsp3) is 0.200. The van der Waals surface area contributed by atoms with E-state index in [0.29, 0.717) is 0 Å². The van der Waals surface area contributed by atoms with Crippen LogP contribution >= 0.6 is 48.8 Å². The summed E-state index contributed by atoms with van der Waals surface area (Å²) in [6.45, 7) is 0. The van der Waals surface area contributed by atoms with Crippen molar-refractivity contribution in [1.82, 2.24) is 0 Å². The summed E-state index contributed by atoms with van der Waals surface area (Å²) in [5, 5.41) is 1.46. The van der Waals surface area contributed by atoms with E-state index >= 15 is 0 Å². The predicted octanol–water partition coefficient (Wildman–Crippen LogP) is 5.78. The molecular weight excluding hydrogens is 371 g/mol. The molecule has 0 unspecified atom stereocenters. The number of hydrogen-bond acceptors (Lipinski definition) is 6. The van der Waals surface area contributed by atoms with Crippen molar-refractivity contribution in [2.75, 3.05) is 14.2 Å². The lowest BCUT2D eigenvalue weighted by Crippen LogP contribution is -2.18. The molecular formula is C15H14O2PS4+. The quantitative estimate of drug-likeness (QED) is 0.487. The second-order valence-electron chi connectivity index (χ2n) is 4.82. The largest absolute Gasteiger partial charge is 0.497 e. The Hall–Kier alpha value is -0.130. The number of fused-ring (bicyclic) bond motifs is 1. The van der Waals surface area contributed by atoms with Crippen LogP contribution in [0.25, 0.3) is 0 Å². The zero-order valence-corrected chi connectivity index (χ0v) is 16.2. The van der Waals surface area contributed by atoms with E-state index in [1.54, 1.807) is 14.2 Å². The lowest BCUT2D eigenvalue weighted by molar-refractivity contribution is 0.414. The van der Waals surface area contributed by atoms with Gasteiger partial charge in [0.05, 0.1) is 37.0 Å². The van der Waals surface area contributed by atoms with Gasteiger partial charge in [-0.15, -0.1) is 0 Å². The van der Waals surface area contributed by atoms with Crippen LogP contribution < -0.4 is 14.8 Å². The van der Waals surface area contributed by atoms with Crippen molar-refractivity contribution < 1.29 is 9.47 Å². The van der Waals surface area contributed by atoms with Crippen molar-refractivity contribution in [2.24, 2.45) is 0 Å². The summed E-state index contributed by atoms with van der Waals surface area (Å²) in [4.78, 5) is -1.18. The Morgan fingerprint density at radius 3 is 1.91 bits per heavy atom. The minimum absolute atomic E-state index is 0.157. The molecule has 0 spiro atoms. The van der Waals surface area contributed by atoms with Gasteiger partial charge in [0.25, 0.3) is 0 Å². The fourth-order valence-electron chi connectivity index (χ4n) is 2.34. The Labute approximate surface area is 146 Å². The van der Waals surface area contributed by atoms with Gasteiger partial charge in [-0.25, -0.2) is 0 Å². The molecule has 3 aliphatic heterocycles. The Kier molecular flexibility index (Phi) is 4.02. The van der Waals surface area contributed by atoms with Crippen LogP contribution in [0.5, 0.6) is 11.5 Å². The highest BCUT2D eigenvalue weighted by molar-refractivity contribution is 9.44. The first-order chi connectivity index (χ1) is 10.7. The smallest absolute Gasteiger partial charge is 0.240 e. The highest BCUT2D eigenvalue weighted by Crippen LogP contribution is 3.13. The first-order valence-corrected chi connectivity index (χ1v) is 14.1. The summed E-state index contributed by atoms with van der Waals surface area (Å²) in [5.74, 6) is 1.84. The number of hydrogen-bond donors (Lipinski definition) is 0. The second kappa shape index (κ2) is 5.75. The second-order valence-corrected chi connectivity index (χ2v) is 20.0. The van der Waals surface area contributed by atoms with E-state index in [1.165, 1.54) is 10.9 Å². The molecule has 0 radical (unpaired) electrons. The maximum Gasteiger partial charge on any atom is 0.240 e. The van der Waals surface area contributed by atoms with Gasteiger partial charge in [0.2, 0.25) is 8.28 Å². The van der Waals surface area contributed by atoms with Gasteiger partial charge >= 0.3 is 0 Å². The first-order valence-electron chi connectivity index (χ1n) is 6.67. The highest BCUT2D eigenvalue weighted by Gasteiger charge is 2.78. The van der Waals surface area contributed by atoms with Crippen LogP contribution in [-0.4, -0.2) is 14.2 Å². The standard InChI is InChI=1S/C15H14O2PS4/c1-16-12-5-3-11(4-6-12)15-19-18(20-15,22-21-15)14-9-7-13(17-2)8-10-14/h3-10H,1-2H3/q+1. The summed E-state index contributed by atoms with van der Waals surface area (Å²) in [7, 11) is 7.50. The minimum atomic E-state index is -1.18. The molecule has 3 fully saturated rings. The van der Waals surface area contributed by atoms with Gasteiger partial charge < -0.3 is 9.47 Å². The molecule has 0 amide bonds. The third-order valence-corrected chi connectivity index (χ3v) is 25.2. The van der Waals surface area contributed by atoms with E-state index in [0.717, 1.165) is 11.5 Å². The molecule has 114 valence electrons. The third kappa shape index (κ3) is 2.35. The number of ether oxygens (including phenoxy) is 2. The molecule has 2 bridgehead atoms. The average molecular weight is 386 g/mol. The van der Waals surface area contributed by atoms with E-state index in [1.807, 2.05) is 10.8 Å². The topological polar surface area (TPSA) is 18.5 Å². The van der Waals surface area contributed by atoms with E-state index < -0.39 is 4.87 Å². The van der Waals surface area contributed by atoms with Crippen LogP contribution in [0, 0.1) is 0 Å². The average Bonchev–Trinajstić information content (AvgIpc) is 3.13. The van der Waals surface area contributed by atoms with Gasteiger partial charge in [-0.1, -0.05) is 12.1 Å². The Balaban J connectivity index is 1.57. The molecule has 3 heterocycles. The molecule has 3 saturated heterocycles. The molecule has 7 heteroatoms. The van der Waals surface area contributed by atoms with Crippen molar-refractivity contribution in [1.29, 1.82) is 0 Å².